The van der Waals surface area contributed by atoms with Crippen LogP contribution in [-0.4, -0.2) is 0 Å². The summed E-state index contributed by atoms with van der Waals surface area (Å²) in [6.07, 6.45) is 0. The van der Waals surface area contributed by atoms with Crippen LogP contribution in [0.4, 0.5) is 0 Å². The average Bonchev–Trinajstić information content (AvgIpc) is 1.20. The Morgan fingerprint density at radius 1 is 0.232 bits per heavy atom. The molecule has 4 aliphatic heterocycles. The smallest absolute Gasteiger partial charge is 0.0368 e. The van der Waals surface area contributed by atoms with Crippen molar-refractivity contribution in [3.63, 3.8) is 0 Å². The van der Waals surface area contributed by atoms with E-state index < -0.39 is 0 Å². The van der Waals surface area contributed by atoms with E-state index in [-0.39, 0.29) is 34.5 Å². The zero-order valence-corrected chi connectivity index (χ0v) is 54.8. The first-order valence-electron chi connectivity index (χ1n) is 29.7. The third-order valence-electron chi connectivity index (χ3n) is 18.7. The Kier molecular flexibility index (Phi) is 13.6. The highest BCUT2D eigenvalue weighted by molar-refractivity contribution is 8.00. The molecule has 0 spiro atoms. The van der Waals surface area contributed by atoms with E-state index in [1.165, 1.54) is 184 Å². The van der Waals surface area contributed by atoms with Crippen LogP contribution in [0.25, 0.3) is 0 Å². The van der Waals surface area contributed by atoms with Crippen LogP contribution in [0.1, 0.15) is 210 Å². The lowest BCUT2D eigenvalue weighted by atomic mass is 9.74. The van der Waals surface area contributed by atoms with Crippen LogP contribution in [0.3, 0.4) is 0 Å². The molecule has 4 aliphatic rings. The van der Waals surface area contributed by atoms with Crippen molar-refractivity contribution in [3.8, 4) is 0 Å². The van der Waals surface area contributed by atoms with Gasteiger partial charge in [0.15, 0.2) is 0 Å². The number of benzene rings is 9. The van der Waals surface area contributed by atoms with Crippen molar-refractivity contribution in [1.29, 1.82) is 0 Å². The van der Waals surface area contributed by atoms with Gasteiger partial charge in [-0.15, -0.1) is 0 Å². The SMILES string of the molecule is Cc1cc(C)c(C2c3ccc(C(C)(C)C)cc3Sc3cc4c(cc32)Sc2cc3c(cc2C4c2c(C)cc(C)cc2C)C(c2c(C)cc(C)cc2C)c2cc4c(cc2S3)C(c2c(C)cc(C)cc2C)c2cc(C(C)(C)C)ccc2S4)c(C)c1. The molecule has 9 aromatic carbocycles. The summed E-state index contributed by atoms with van der Waals surface area (Å²) in [5.41, 5.74) is 36.3. The monoisotopic (exact) mass is 1140 g/mol. The van der Waals surface area contributed by atoms with Gasteiger partial charge in [0.1, 0.15) is 0 Å². The molecule has 0 aromatic heterocycles. The van der Waals surface area contributed by atoms with Crippen molar-refractivity contribution in [2.24, 2.45) is 0 Å². The fourth-order valence-electron chi connectivity index (χ4n) is 15.3. The van der Waals surface area contributed by atoms with Gasteiger partial charge in [-0.05, 0) is 259 Å². The predicted octanol–water partition coefficient (Wildman–Crippen LogP) is 22.6. The van der Waals surface area contributed by atoms with Crippen LogP contribution in [0.5, 0.6) is 0 Å². The summed E-state index contributed by atoms with van der Waals surface area (Å²) in [5.74, 6) is 0.345. The predicted molar refractivity (Wildman–Crippen MR) is 352 cm³/mol. The normalized spacial score (nSPS) is 17.7. The van der Waals surface area contributed by atoms with Crippen molar-refractivity contribution in [3.05, 3.63) is 266 Å². The molecule has 0 amide bonds. The Balaban J connectivity index is 1.05. The van der Waals surface area contributed by atoms with Crippen molar-refractivity contribution >= 4 is 47.0 Å². The van der Waals surface area contributed by atoms with Gasteiger partial charge in [-0.2, -0.15) is 0 Å². The lowest BCUT2D eigenvalue weighted by Crippen LogP contribution is -2.20. The van der Waals surface area contributed by atoms with E-state index in [0.29, 0.717) is 0 Å². The Bertz CT molecular complexity index is 4130. The summed E-state index contributed by atoms with van der Waals surface area (Å²) in [6.45, 7) is 42.0. The summed E-state index contributed by atoms with van der Waals surface area (Å²) >= 11 is 8.03. The molecule has 0 aliphatic carbocycles. The molecule has 0 saturated heterocycles. The summed E-state index contributed by atoms with van der Waals surface area (Å²) < 4.78 is 0. The molecule has 4 atom stereocenters. The van der Waals surface area contributed by atoms with E-state index in [4.69, 9.17) is 0 Å². The third-order valence-corrected chi connectivity index (χ3v) is 23.3. The Morgan fingerprint density at radius 3 is 0.805 bits per heavy atom. The van der Waals surface area contributed by atoms with Crippen LogP contribution in [0.2, 0.25) is 0 Å². The van der Waals surface area contributed by atoms with E-state index >= 15 is 0 Å². The van der Waals surface area contributed by atoms with E-state index in [0.717, 1.165) is 0 Å². The fourth-order valence-corrected chi connectivity index (χ4v) is 20.1. The maximum Gasteiger partial charge on any atom is 0.0368 e. The minimum atomic E-state index is 0.0307. The first kappa shape index (κ1) is 55.6. The zero-order valence-electron chi connectivity index (χ0n) is 51.5. The Hall–Kier alpha value is -5.62. The van der Waals surface area contributed by atoms with Gasteiger partial charge in [-0.25, -0.2) is 0 Å². The topological polar surface area (TPSA) is 0 Å². The zero-order chi connectivity index (χ0) is 57.9. The van der Waals surface area contributed by atoms with Crippen molar-refractivity contribution < 1.29 is 0 Å². The second-order valence-electron chi connectivity index (χ2n) is 27.2. The fraction of sp³-hybridized carbons (Fsp3) is 0.308. The number of fused-ring (bicyclic) bond motifs is 8. The van der Waals surface area contributed by atoms with Crippen LogP contribution >= 0.6 is 47.0 Å². The highest BCUT2D eigenvalue weighted by Gasteiger charge is 2.41. The molecule has 414 valence electrons. The number of rotatable bonds is 4. The Morgan fingerprint density at radius 2 is 0.476 bits per heavy atom. The molecule has 0 fully saturated rings. The molecule has 0 nitrogen and oxygen atoms in total. The second-order valence-corrected chi connectivity index (χ2v) is 31.5. The minimum Gasteiger partial charge on any atom is -0.0894 e. The second kappa shape index (κ2) is 20.0. The maximum atomic E-state index is 2.71. The van der Waals surface area contributed by atoms with Gasteiger partial charge in [-0.1, -0.05) is 190 Å². The lowest BCUT2D eigenvalue weighted by Gasteiger charge is -2.38. The van der Waals surface area contributed by atoms with Gasteiger partial charge in [0.05, 0.1) is 0 Å². The van der Waals surface area contributed by atoms with Crippen molar-refractivity contribution in [1.82, 2.24) is 0 Å². The minimum absolute atomic E-state index is 0.0307. The summed E-state index contributed by atoms with van der Waals surface area (Å²) in [7, 11) is 0. The largest absolute Gasteiger partial charge is 0.0894 e. The van der Waals surface area contributed by atoms with Gasteiger partial charge < -0.3 is 0 Å². The van der Waals surface area contributed by atoms with Crippen molar-refractivity contribution in [2.75, 3.05) is 0 Å². The van der Waals surface area contributed by atoms with Gasteiger partial charge in [-0.3, -0.25) is 0 Å². The maximum absolute atomic E-state index is 2.71. The summed E-state index contributed by atoms with van der Waals surface area (Å²) in [4.78, 5) is 11.0. The molecule has 9 aromatic rings. The average molecular weight is 1140 g/mol. The van der Waals surface area contributed by atoms with Gasteiger partial charge in [0, 0.05) is 62.8 Å². The van der Waals surface area contributed by atoms with E-state index in [1.807, 2.05) is 47.0 Å². The molecule has 0 saturated carbocycles. The molecule has 4 unspecified atom stereocenters. The number of hydrogen-bond donors (Lipinski definition) is 0. The highest BCUT2D eigenvalue weighted by Crippen LogP contribution is 2.61. The van der Waals surface area contributed by atoms with Crippen LogP contribution in [-0.2, 0) is 10.8 Å². The summed E-state index contributed by atoms with van der Waals surface area (Å²) in [5, 5.41) is 0. The molecule has 13 rings (SSSR count). The van der Waals surface area contributed by atoms with Gasteiger partial charge >= 0.3 is 0 Å². The molecular weight excluding hydrogens is 1070 g/mol. The Labute approximate surface area is 507 Å². The van der Waals surface area contributed by atoms with Crippen LogP contribution < -0.4 is 0 Å². The molecule has 0 bridgehead atoms. The molecule has 0 radical (unpaired) electrons. The molecule has 4 heteroatoms. The highest BCUT2D eigenvalue weighted by atomic mass is 32.2. The van der Waals surface area contributed by atoms with E-state index in [9.17, 15) is 0 Å². The van der Waals surface area contributed by atoms with Gasteiger partial charge in [0.2, 0.25) is 0 Å². The molecule has 0 N–H and O–H groups in total. The standard InChI is InChI=1S/C78H78S4/c1-39-23-43(5)69(44(6)24-39)73-53-21-19-52(78(16,17)18)32-62(53)80-64-37-60-65(34-57(64)73)81-67-38-68-55(33-56(67)76(60)72-49(11)29-42(4)30-50(72)12)75(71-47(9)27-41(3)28-48(71)10)59-35-63-58(36-66(59)82-68)74(70-45(7)25-40(2)26-46(70)8)54-31-51(77(13,14)15)20-22-61(54)79-63/h19-38,73-76H,1-18H3. The van der Waals surface area contributed by atoms with Crippen LogP contribution in [0, 0.1) is 83.1 Å². The first-order valence-corrected chi connectivity index (χ1v) is 32.9. The summed E-state index contributed by atoms with van der Waals surface area (Å²) in [6, 6.07) is 50.1. The van der Waals surface area contributed by atoms with E-state index in [2.05, 4.69) is 246 Å². The molecular formula is C78H78S4. The molecule has 82 heavy (non-hydrogen) atoms. The number of aryl methyl sites for hydroxylation is 12. The quantitative estimate of drug-likeness (QED) is 0.172. The van der Waals surface area contributed by atoms with Crippen molar-refractivity contribution in [2.45, 2.75) is 198 Å². The first-order chi connectivity index (χ1) is 38.8. The van der Waals surface area contributed by atoms with E-state index in [1.54, 1.807) is 0 Å². The lowest BCUT2D eigenvalue weighted by molar-refractivity contribution is 0.587. The third kappa shape index (κ3) is 9.22. The number of hydrogen-bond acceptors (Lipinski definition) is 4. The van der Waals surface area contributed by atoms with Gasteiger partial charge in [0.25, 0.3) is 0 Å². The molecule has 4 heterocycles. The van der Waals surface area contributed by atoms with Crippen LogP contribution in [0.15, 0.2) is 160 Å².